The molecule has 0 aromatic heterocycles. The van der Waals surface area contributed by atoms with Crippen LogP contribution in [0.3, 0.4) is 0 Å². The van der Waals surface area contributed by atoms with Gasteiger partial charge in [-0.1, -0.05) is 13.3 Å². The molecule has 2 atom stereocenters. The SMILES string of the molecule is CCCC(F)OS(=O)[O-].[K+]. The molecule has 0 bridgehead atoms. The van der Waals surface area contributed by atoms with Crippen LogP contribution in [0, 0.1) is 0 Å². The summed E-state index contributed by atoms with van der Waals surface area (Å²) in [6.07, 6.45) is -0.986. The maximum Gasteiger partial charge on any atom is 1.00 e. The van der Waals surface area contributed by atoms with Crippen molar-refractivity contribution >= 4 is 11.4 Å². The Balaban J connectivity index is 0. The molecular formula is C4H8FKO3S. The summed E-state index contributed by atoms with van der Waals surface area (Å²) in [4.78, 5) is 0. The third-order valence-corrected chi connectivity index (χ3v) is 1.06. The van der Waals surface area contributed by atoms with E-state index in [9.17, 15) is 13.2 Å². The zero-order chi connectivity index (χ0) is 7.28. The zero-order valence-corrected chi connectivity index (χ0v) is 9.94. The molecule has 0 saturated carbocycles. The molecule has 0 N–H and O–H groups in total. The van der Waals surface area contributed by atoms with Crippen LogP contribution < -0.4 is 51.4 Å². The molecule has 0 amide bonds. The molecule has 56 valence electrons. The van der Waals surface area contributed by atoms with Gasteiger partial charge in [-0.05, 0) is 0 Å². The molecule has 0 saturated heterocycles. The second-order valence-electron chi connectivity index (χ2n) is 1.50. The van der Waals surface area contributed by atoms with Gasteiger partial charge >= 0.3 is 51.4 Å². The van der Waals surface area contributed by atoms with Crippen LogP contribution in [0.15, 0.2) is 0 Å². The van der Waals surface area contributed by atoms with Gasteiger partial charge < -0.3 is 4.55 Å². The fourth-order valence-electron chi connectivity index (χ4n) is 0.360. The Morgan fingerprint density at radius 3 is 2.60 bits per heavy atom. The van der Waals surface area contributed by atoms with Gasteiger partial charge in [-0.2, -0.15) is 0 Å². The van der Waals surface area contributed by atoms with Crippen LogP contribution in [0.4, 0.5) is 4.39 Å². The summed E-state index contributed by atoms with van der Waals surface area (Å²) in [5.74, 6) is 0. The first-order valence-electron chi connectivity index (χ1n) is 2.57. The minimum atomic E-state index is -2.72. The molecule has 0 aromatic carbocycles. The third kappa shape index (κ3) is 9.64. The normalized spacial score (nSPS) is 15.5. The Hall–Kier alpha value is 1.64. The minimum Gasteiger partial charge on any atom is -0.750 e. The first kappa shape index (κ1) is 14.2. The molecule has 0 aliphatic carbocycles. The maximum absolute atomic E-state index is 12.0. The molecule has 0 aromatic rings. The van der Waals surface area contributed by atoms with Crippen LogP contribution in [0.2, 0.25) is 0 Å². The Morgan fingerprint density at radius 1 is 1.80 bits per heavy atom. The molecule has 0 radical (unpaired) electrons. The van der Waals surface area contributed by atoms with E-state index < -0.39 is 17.7 Å². The quantitative estimate of drug-likeness (QED) is 0.380. The molecule has 0 spiro atoms. The van der Waals surface area contributed by atoms with E-state index in [2.05, 4.69) is 4.18 Å². The zero-order valence-electron chi connectivity index (χ0n) is 6.00. The Morgan fingerprint density at radius 2 is 2.30 bits per heavy atom. The van der Waals surface area contributed by atoms with Crippen molar-refractivity contribution in [2.75, 3.05) is 0 Å². The van der Waals surface area contributed by atoms with Crippen LogP contribution >= 0.6 is 0 Å². The van der Waals surface area contributed by atoms with Crippen molar-refractivity contribution in [2.45, 2.75) is 26.1 Å². The summed E-state index contributed by atoms with van der Waals surface area (Å²) in [6.45, 7) is 1.74. The Bertz CT molecular complexity index is 103. The van der Waals surface area contributed by atoms with Crippen molar-refractivity contribution in [3.63, 3.8) is 0 Å². The summed E-state index contributed by atoms with van der Waals surface area (Å²) in [7, 11) is 0. The predicted octanol–water partition coefficient (Wildman–Crippen LogP) is -2.10. The molecule has 0 rings (SSSR count). The molecule has 10 heavy (non-hydrogen) atoms. The number of alkyl halides is 1. The van der Waals surface area contributed by atoms with Gasteiger partial charge in [0.15, 0.2) is 0 Å². The number of halogens is 1. The summed E-state index contributed by atoms with van der Waals surface area (Å²) in [6, 6.07) is 0. The van der Waals surface area contributed by atoms with Gasteiger partial charge in [-0.15, -0.1) is 0 Å². The van der Waals surface area contributed by atoms with Crippen LogP contribution in [0.5, 0.6) is 0 Å². The molecule has 0 aliphatic heterocycles. The van der Waals surface area contributed by atoms with Gasteiger partial charge in [0.05, 0.1) is 11.4 Å². The van der Waals surface area contributed by atoms with Gasteiger partial charge in [-0.25, -0.2) is 8.60 Å². The number of hydrogen-bond acceptors (Lipinski definition) is 3. The van der Waals surface area contributed by atoms with Crippen molar-refractivity contribution in [1.82, 2.24) is 0 Å². The molecule has 0 aliphatic rings. The van der Waals surface area contributed by atoms with E-state index in [1.807, 2.05) is 0 Å². The van der Waals surface area contributed by atoms with E-state index in [0.717, 1.165) is 0 Å². The van der Waals surface area contributed by atoms with Crippen molar-refractivity contribution in [1.29, 1.82) is 0 Å². The monoisotopic (exact) mass is 194 g/mol. The van der Waals surface area contributed by atoms with Crippen molar-refractivity contribution in [3.8, 4) is 0 Å². The molecule has 2 unspecified atom stereocenters. The number of rotatable bonds is 4. The van der Waals surface area contributed by atoms with Crippen LogP contribution in [0.25, 0.3) is 0 Å². The second-order valence-corrected chi connectivity index (χ2v) is 2.10. The van der Waals surface area contributed by atoms with Crippen LogP contribution in [-0.4, -0.2) is 15.1 Å². The van der Waals surface area contributed by atoms with Gasteiger partial charge in [-0.3, -0.25) is 4.18 Å². The summed E-state index contributed by atoms with van der Waals surface area (Å²) < 4.78 is 35.0. The summed E-state index contributed by atoms with van der Waals surface area (Å²) in [5, 5.41) is 0. The summed E-state index contributed by atoms with van der Waals surface area (Å²) in [5.41, 5.74) is 0. The van der Waals surface area contributed by atoms with Gasteiger partial charge in [0.25, 0.3) is 0 Å². The third-order valence-electron chi connectivity index (χ3n) is 0.699. The fraction of sp³-hybridized carbons (Fsp3) is 1.00. The van der Waals surface area contributed by atoms with Crippen molar-refractivity contribution < 1.29 is 68.7 Å². The average Bonchev–Trinajstić information content (AvgIpc) is 1.63. The minimum absolute atomic E-state index is 0. The Kier molecular flexibility index (Phi) is 12.4. The second kappa shape index (κ2) is 8.73. The molecule has 0 heterocycles. The van der Waals surface area contributed by atoms with E-state index in [-0.39, 0.29) is 57.8 Å². The van der Waals surface area contributed by atoms with E-state index >= 15 is 0 Å². The molecular weight excluding hydrogens is 186 g/mol. The average molecular weight is 194 g/mol. The fourth-order valence-corrected chi connectivity index (χ4v) is 0.627. The summed E-state index contributed by atoms with van der Waals surface area (Å²) >= 11 is -2.72. The largest absolute Gasteiger partial charge is 1.00 e. The first-order valence-corrected chi connectivity index (χ1v) is 3.57. The standard InChI is InChI=1S/C4H9FO3S.K/c1-2-3-4(5)8-9(6)7;/h4H,2-3H2,1H3,(H,6,7);/q;+1/p-1. The van der Waals surface area contributed by atoms with Crippen molar-refractivity contribution in [2.24, 2.45) is 0 Å². The van der Waals surface area contributed by atoms with Crippen LogP contribution in [0.1, 0.15) is 19.8 Å². The van der Waals surface area contributed by atoms with Crippen molar-refractivity contribution in [3.05, 3.63) is 0 Å². The molecule has 6 heteroatoms. The number of hydrogen-bond donors (Lipinski definition) is 0. The first-order chi connectivity index (χ1) is 4.16. The predicted molar refractivity (Wildman–Crippen MR) is 29.8 cm³/mol. The van der Waals surface area contributed by atoms with E-state index in [0.29, 0.717) is 6.42 Å². The van der Waals surface area contributed by atoms with Gasteiger partial charge in [0.1, 0.15) is 0 Å². The Labute approximate surface area is 105 Å². The van der Waals surface area contributed by atoms with E-state index in [4.69, 9.17) is 0 Å². The smallest absolute Gasteiger partial charge is 0.750 e. The topological polar surface area (TPSA) is 49.4 Å². The van der Waals surface area contributed by atoms with Crippen LogP contribution in [-0.2, 0) is 15.5 Å². The van der Waals surface area contributed by atoms with E-state index in [1.165, 1.54) is 0 Å². The van der Waals surface area contributed by atoms with Gasteiger partial charge in [0, 0.05) is 6.42 Å². The maximum atomic E-state index is 12.0. The van der Waals surface area contributed by atoms with Gasteiger partial charge in [0.2, 0.25) is 6.36 Å². The molecule has 0 fully saturated rings. The van der Waals surface area contributed by atoms with E-state index in [1.54, 1.807) is 6.92 Å². The molecule has 3 nitrogen and oxygen atoms in total.